The molecule has 0 amide bonds. The minimum atomic E-state index is 0.754. The van der Waals surface area contributed by atoms with Gasteiger partial charge in [-0.05, 0) is 24.7 Å². The van der Waals surface area contributed by atoms with E-state index in [2.05, 4.69) is 9.97 Å². The maximum absolute atomic E-state index is 5.55. The van der Waals surface area contributed by atoms with Gasteiger partial charge in [0.2, 0.25) is 0 Å². The van der Waals surface area contributed by atoms with Crippen molar-refractivity contribution in [2.45, 2.75) is 17.9 Å². The van der Waals surface area contributed by atoms with Gasteiger partial charge in [-0.25, -0.2) is 9.97 Å². The van der Waals surface area contributed by atoms with Crippen LogP contribution in [0.2, 0.25) is 0 Å². The number of thioether (sulfide) groups is 1. The van der Waals surface area contributed by atoms with E-state index in [-0.39, 0.29) is 0 Å². The molecule has 2 nitrogen and oxygen atoms in total. The Hall–Kier alpha value is -0.280. The summed E-state index contributed by atoms with van der Waals surface area (Å²) in [4.78, 5) is 7.94. The third-order valence-electron chi connectivity index (χ3n) is 1.33. The van der Waals surface area contributed by atoms with Crippen LogP contribution in [0.1, 0.15) is 12.8 Å². The summed E-state index contributed by atoms with van der Waals surface area (Å²) in [5, 5.41) is 1.04. The average Bonchev–Trinajstić information content (AvgIpc) is 2.14. The minimum Gasteiger partial charge on any atom is -0.245 e. The predicted molar refractivity (Wildman–Crippen MR) is 52.7 cm³/mol. The summed E-state index contributed by atoms with van der Waals surface area (Å²) in [6.45, 7) is 0. The maximum Gasteiger partial charge on any atom is 0.116 e. The molecule has 0 aliphatic rings. The van der Waals surface area contributed by atoms with Crippen LogP contribution in [0.5, 0.6) is 0 Å². The van der Waals surface area contributed by atoms with Gasteiger partial charge in [-0.3, -0.25) is 0 Å². The second kappa shape index (κ2) is 6.26. The summed E-state index contributed by atoms with van der Waals surface area (Å²) in [7, 11) is 0. The molecule has 4 heteroatoms. The van der Waals surface area contributed by atoms with Crippen molar-refractivity contribution in [3.8, 4) is 0 Å². The van der Waals surface area contributed by atoms with E-state index in [4.69, 9.17) is 11.6 Å². The summed E-state index contributed by atoms with van der Waals surface area (Å²) in [5.41, 5.74) is 0. The molecule has 0 atom stereocenters. The maximum atomic E-state index is 5.55. The van der Waals surface area contributed by atoms with Gasteiger partial charge in [-0.2, -0.15) is 0 Å². The molecule has 1 rings (SSSR count). The van der Waals surface area contributed by atoms with Gasteiger partial charge in [0.1, 0.15) is 6.33 Å². The predicted octanol–water partition coefficient (Wildman–Crippen LogP) is 2.59. The fraction of sp³-hybridized carbons (Fsp3) is 0.500. The SMILES string of the molecule is ClCCCCSc1ccncn1. The van der Waals surface area contributed by atoms with Gasteiger partial charge >= 0.3 is 0 Å². The summed E-state index contributed by atoms with van der Waals surface area (Å²) in [6.07, 6.45) is 5.57. The van der Waals surface area contributed by atoms with Crippen LogP contribution < -0.4 is 0 Å². The second-order valence-corrected chi connectivity index (χ2v) is 3.79. The van der Waals surface area contributed by atoms with Gasteiger partial charge in [0.25, 0.3) is 0 Å². The van der Waals surface area contributed by atoms with E-state index in [9.17, 15) is 0 Å². The lowest BCUT2D eigenvalue weighted by atomic mass is 10.4. The summed E-state index contributed by atoms with van der Waals surface area (Å²) < 4.78 is 0. The second-order valence-electron chi connectivity index (χ2n) is 2.29. The molecule has 0 spiro atoms. The number of hydrogen-bond acceptors (Lipinski definition) is 3. The highest BCUT2D eigenvalue weighted by Crippen LogP contribution is 2.14. The van der Waals surface area contributed by atoms with Crippen LogP contribution >= 0.6 is 23.4 Å². The van der Waals surface area contributed by atoms with Crippen LogP contribution in [0.25, 0.3) is 0 Å². The molecule has 0 N–H and O–H groups in total. The highest BCUT2D eigenvalue weighted by molar-refractivity contribution is 7.99. The van der Waals surface area contributed by atoms with Gasteiger partial charge in [-0.15, -0.1) is 23.4 Å². The first-order valence-electron chi connectivity index (χ1n) is 3.88. The lowest BCUT2D eigenvalue weighted by Crippen LogP contribution is -1.84. The molecule has 0 aliphatic heterocycles. The van der Waals surface area contributed by atoms with Crippen molar-refractivity contribution in [2.24, 2.45) is 0 Å². The van der Waals surface area contributed by atoms with E-state index in [1.54, 1.807) is 24.3 Å². The number of halogens is 1. The fourth-order valence-electron chi connectivity index (χ4n) is 0.737. The van der Waals surface area contributed by atoms with Crippen molar-refractivity contribution in [2.75, 3.05) is 11.6 Å². The van der Waals surface area contributed by atoms with E-state index in [1.807, 2.05) is 6.07 Å². The number of aromatic nitrogens is 2. The molecule has 0 saturated heterocycles. The van der Waals surface area contributed by atoms with Crippen LogP contribution in [0.15, 0.2) is 23.6 Å². The standard InChI is InChI=1S/C8H11ClN2S/c9-4-1-2-6-12-8-3-5-10-7-11-8/h3,5,7H,1-2,4,6H2. The lowest BCUT2D eigenvalue weighted by Gasteiger charge is -1.97. The Morgan fingerprint density at radius 2 is 2.33 bits per heavy atom. The Labute approximate surface area is 81.8 Å². The molecule has 0 unspecified atom stereocenters. The Morgan fingerprint density at radius 3 is 3.00 bits per heavy atom. The molecular formula is C8H11ClN2S. The number of alkyl halides is 1. The van der Waals surface area contributed by atoms with Crippen LogP contribution in [-0.4, -0.2) is 21.6 Å². The van der Waals surface area contributed by atoms with Crippen molar-refractivity contribution < 1.29 is 0 Å². The smallest absolute Gasteiger partial charge is 0.116 e. The molecule has 0 fully saturated rings. The van der Waals surface area contributed by atoms with E-state index < -0.39 is 0 Å². The lowest BCUT2D eigenvalue weighted by molar-refractivity contribution is 0.900. The largest absolute Gasteiger partial charge is 0.245 e. The molecule has 0 radical (unpaired) electrons. The fourth-order valence-corrected chi connectivity index (χ4v) is 1.76. The molecule has 1 aromatic heterocycles. The van der Waals surface area contributed by atoms with Crippen LogP contribution in [0, 0.1) is 0 Å². The molecule has 1 heterocycles. The molecule has 0 aromatic carbocycles. The zero-order valence-corrected chi connectivity index (χ0v) is 8.31. The van der Waals surface area contributed by atoms with Crippen molar-refractivity contribution in [1.82, 2.24) is 9.97 Å². The molecule has 0 bridgehead atoms. The number of unbranched alkanes of at least 4 members (excludes halogenated alkanes) is 1. The average molecular weight is 203 g/mol. The van der Waals surface area contributed by atoms with Crippen LogP contribution in [-0.2, 0) is 0 Å². The topological polar surface area (TPSA) is 25.8 Å². The first-order valence-corrected chi connectivity index (χ1v) is 5.40. The third kappa shape index (κ3) is 3.93. The van der Waals surface area contributed by atoms with E-state index in [0.29, 0.717) is 0 Å². The molecule has 12 heavy (non-hydrogen) atoms. The highest BCUT2D eigenvalue weighted by atomic mass is 35.5. The van der Waals surface area contributed by atoms with Crippen LogP contribution in [0.3, 0.4) is 0 Å². The Bertz CT molecular complexity index is 205. The summed E-state index contributed by atoms with van der Waals surface area (Å²) >= 11 is 7.30. The van der Waals surface area contributed by atoms with Crippen molar-refractivity contribution in [1.29, 1.82) is 0 Å². The summed E-state index contributed by atoms with van der Waals surface area (Å²) in [5.74, 6) is 1.84. The first kappa shape index (κ1) is 9.81. The Balaban J connectivity index is 2.16. The highest BCUT2D eigenvalue weighted by Gasteiger charge is 1.93. The number of rotatable bonds is 5. The Kier molecular flexibility index (Phi) is 5.11. The van der Waals surface area contributed by atoms with Gasteiger partial charge in [0.05, 0.1) is 5.03 Å². The summed E-state index contributed by atoms with van der Waals surface area (Å²) in [6, 6.07) is 1.92. The van der Waals surface area contributed by atoms with Crippen LogP contribution in [0.4, 0.5) is 0 Å². The normalized spacial score (nSPS) is 10.1. The zero-order chi connectivity index (χ0) is 8.65. The molecule has 0 saturated carbocycles. The zero-order valence-electron chi connectivity index (χ0n) is 6.74. The minimum absolute atomic E-state index is 0.754. The van der Waals surface area contributed by atoms with E-state index in [1.165, 1.54) is 0 Å². The quantitative estimate of drug-likeness (QED) is 0.318. The third-order valence-corrected chi connectivity index (χ3v) is 2.63. The van der Waals surface area contributed by atoms with E-state index in [0.717, 1.165) is 29.5 Å². The van der Waals surface area contributed by atoms with Crippen molar-refractivity contribution >= 4 is 23.4 Å². The van der Waals surface area contributed by atoms with Crippen molar-refractivity contribution in [3.05, 3.63) is 18.6 Å². The number of nitrogens with zero attached hydrogens (tertiary/aromatic N) is 2. The molecule has 66 valence electrons. The first-order chi connectivity index (χ1) is 5.93. The van der Waals surface area contributed by atoms with Crippen molar-refractivity contribution in [3.63, 3.8) is 0 Å². The molecule has 1 aromatic rings. The van der Waals surface area contributed by atoms with Gasteiger partial charge < -0.3 is 0 Å². The van der Waals surface area contributed by atoms with Gasteiger partial charge in [0.15, 0.2) is 0 Å². The monoisotopic (exact) mass is 202 g/mol. The Morgan fingerprint density at radius 1 is 1.42 bits per heavy atom. The molecular weight excluding hydrogens is 192 g/mol. The number of hydrogen-bond donors (Lipinski definition) is 0. The molecule has 0 aliphatic carbocycles. The van der Waals surface area contributed by atoms with Gasteiger partial charge in [0, 0.05) is 12.1 Å². The van der Waals surface area contributed by atoms with Gasteiger partial charge in [-0.1, -0.05) is 0 Å². The van der Waals surface area contributed by atoms with E-state index >= 15 is 0 Å².